The number of halogens is 6. The van der Waals surface area contributed by atoms with Gasteiger partial charge in [-0.15, -0.1) is 36.4 Å². The molecule has 0 amide bonds. The molecule has 0 aliphatic carbocycles. The van der Waals surface area contributed by atoms with Crippen LogP contribution in [0.25, 0.3) is 22.5 Å². The van der Waals surface area contributed by atoms with E-state index in [-0.39, 0.29) is 31.2 Å². The first kappa shape index (κ1) is 40.8. The molecule has 0 atom stereocenters. The summed E-state index contributed by atoms with van der Waals surface area (Å²) in [6.07, 6.45) is 3.72. The van der Waals surface area contributed by atoms with Crippen molar-refractivity contribution in [3.8, 4) is 22.5 Å². The SMILES string of the molecule is Cc1ccnc(-c2[c-]cc(F)cc2F)c1.Cc1ccnc(-c2[c-]cc(F)cc2F)c1.Fc1c[c-]c(C[PH+](c2ccccc2)c2ccccc2)c(F)c1.[Ir+3]. The van der Waals surface area contributed by atoms with E-state index < -0.39 is 42.8 Å². The largest absolute Gasteiger partial charge is 3.00 e. The van der Waals surface area contributed by atoms with Gasteiger partial charge in [0.25, 0.3) is 0 Å². The number of pyridine rings is 2. The number of hydrogen-bond acceptors (Lipinski definition) is 2. The normalized spacial score (nSPS) is 10.4. The van der Waals surface area contributed by atoms with Crippen LogP contribution in [0.5, 0.6) is 0 Å². The second kappa shape index (κ2) is 19.8. The Morgan fingerprint density at radius 1 is 0.509 bits per heavy atom. The third-order valence-electron chi connectivity index (χ3n) is 7.59. The minimum atomic E-state index is -1.18. The molecule has 7 rings (SSSR count). The fraction of sp³-hybridized carbons (Fsp3) is 0.0698. The van der Waals surface area contributed by atoms with E-state index in [4.69, 9.17) is 0 Å². The first-order valence-corrected chi connectivity index (χ1v) is 17.7. The molecule has 0 bridgehead atoms. The Morgan fingerprint density at radius 2 is 0.906 bits per heavy atom. The Balaban J connectivity index is 0.000000181. The molecule has 0 aliphatic heterocycles. The van der Waals surface area contributed by atoms with Gasteiger partial charge in [-0.1, -0.05) is 88.5 Å². The number of benzene rings is 5. The second-order valence-corrected chi connectivity index (χ2v) is 14.0. The molecule has 0 spiro atoms. The van der Waals surface area contributed by atoms with Crippen molar-refractivity contribution in [2.75, 3.05) is 0 Å². The zero-order valence-electron chi connectivity index (χ0n) is 28.4. The minimum Gasteiger partial charge on any atom is -0.305 e. The third kappa shape index (κ3) is 11.8. The Hall–Kier alpha value is -4.94. The molecule has 10 heteroatoms. The van der Waals surface area contributed by atoms with E-state index >= 15 is 0 Å². The molecule has 0 saturated heterocycles. The number of nitrogens with zero attached hydrogens (tertiary/aromatic N) is 2. The molecule has 0 fully saturated rings. The summed E-state index contributed by atoms with van der Waals surface area (Å²) in [7, 11) is -1.18. The molecule has 0 aliphatic rings. The van der Waals surface area contributed by atoms with Crippen LogP contribution in [0.1, 0.15) is 16.7 Å². The van der Waals surface area contributed by atoms with Crippen LogP contribution in [-0.4, -0.2) is 9.97 Å². The topological polar surface area (TPSA) is 25.8 Å². The average Bonchev–Trinajstić information content (AvgIpc) is 3.13. The standard InChI is InChI=1S/C19H14F2P.2C12H8F2N.Ir/c20-16-12-11-15(19(21)13-16)14-22(17-7-3-1-4-8-17)18-9-5-2-6-10-18;2*1-8-4-5-15-12(6-8)10-3-2-9(13)7-11(10)14;/h1-10,12-13H,14H2;2*2,4-7H,1H3;/q3*-1;+3/p+1. The van der Waals surface area contributed by atoms with Crippen LogP contribution in [0.2, 0.25) is 0 Å². The molecule has 0 unspecified atom stereocenters. The Bertz CT molecular complexity index is 2110. The molecule has 0 N–H and O–H groups in total. The van der Waals surface area contributed by atoms with Crippen LogP contribution in [0.3, 0.4) is 0 Å². The van der Waals surface area contributed by atoms with E-state index in [1.54, 1.807) is 24.5 Å². The fourth-order valence-corrected chi connectivity index (χ4v) is 7.62. The van der Waals surface area contributed by atoms with Gasteiger partial charge in [-0.05, 0) is 61.6 Å². The summed E-state index contributed by atoms with van der Waals surface area (Å²) in [4.78, 5) is 8.01. The monoisotopic (exact) mass is 913 g/mol. The number of rotatable bonds is 6. The number of aryl methyl sites for hydroxylation is 2. The van der Waals surface area contributed by atoms with Crippen molar-refractivity contribution in [2.45, 2.75) is 20.0 Å². The third-order valence-corrected chi connectivity index (χ3v) is 10.4. The van der Waals surface area contributed by atoms with Crippen LogP contribution >= 0.6 is 7.92 Å². The summed E-state index contributed by atoms with van der Waals surface area (Å²) < 4.78 is 79.1. The molecule has 53 heavy (non-hydrogen) atoms. The van der Waals surface area contributed by atoms with Gasteiger partial charge in [-0.3, -0.25) is 26.3 Å². The van der Waals surface area contributed by atoms with Crippen molar-refractivity contribution < 1.29 is 46.4 Å². The minimum absolute atomic E-state index is 0. The van der Waals surface area contributed by atoms with E-state index in [0.717, 1.165) is 41.5 Å². The Morgan fingerprint density at radius 3 is 1.28 bits per heavy atom. The summed E-state index contributed by atoms with van der Waals surface area (Å²) in [6, 6.07) is 41.1. The van der Waals surface area contributed by atoms with Crippen LogP contribution in [-0.2, 0) is 26.3 Å². The van der Waals surface area contributed by atoms with Crippen molar-refractivity contribution in [1.82, 2.24) is 9.97 Å². The van der Waals surface area contributed by atoms with Crippen molar-refractivity contribution >= 4 is 18.5 Å². The van der Waals surface area contributed by atoms with Crippen LogP contribution in [0, 0.1) is 66.9 Å². The van der Waals surface area contributed by atoms with Gasteiger partial charge >= 0.3 is 20.1 Å². The molecule has 0 saturated carbocycles. The van der Waals surface area contributed by atoms with Gasteiger partial charge < -0.3 is 9.97 Å². The van der Waals surface area contributed by atoms with Crippen LogP contribution in [0.15, 0.2) is 134 Å². The van der Waals surface area contributed by atoms with Crippen molar-refractivity contribution in [3.63, 3.8) is 0 Å². The number of aromatic nitrogens is 2. The predicted molar refractivity (Wildman–Crippen MR) is 196 cm³/mol. The van der Waals surface area contributed by atoms with Gasteiger partial charge in [0.1, 0.15) is 0 Å². The maximum absolute atomic E-state index is 14.0. The van der Waals surface area contributed by atoms with Gasteiger partial charge in [-0.2, -0.15) is 6.07 Å². The Kier molecular flexibility index (Phi) is 15.2. The Labute approximate surface area is 319 Å². The van der Waals surface area contributed by atoms with Gasteiger partial charge in [0.15, 0.2) is 0 Å². The van der Waals surface area contributed by atoms with Crippen molar-refractivity contribution in [1.29, 1.82) is 0 Å². The molecule has 268 valence electrons. The zero-order chi connectivity index (χ0) is 37.0. The van der Waals surface area contributed by atoms with Gasteiger partial charge in [0.2, 0.25) is 0 Å². The first-order valence-electron chi connectivity index (χ1n) is 16.0. The maximum atomic E-state index is 14.0. The molecular weight excluding hydrogens is 882 g/mol. The molecule has 7 aromatic rings. The molecule has 0 radical (unpaired) electrons. The predicted octanol–water partition coefficient (Wildman–Crippen LogP) is 10.4. The second-order valence-electron chi connectivity index (χ2n) is 11.6. The summed E-state index contributed by atoms with van der Waals surface area (Å²) in [6.45, 7) is 3.76. The average molecular weight is 913 g/mol. The summed E-state index contributed by atoms with van der Waals surface area (Å²) in [5.74, 6) is -3.67. The summed E-state index contributed by atoms with van der Waals surface area (Å²) in [5, 5.41) is 2.41. The van der Waals surface area contributed by atoms with Gasteiger partial charge in [-0.25, -0.2) is 0 Å². The van der Waals surface area contributed by atoms with Gasteiger partial charge in [0, 0.05) is 47.3 Å². The quantitative estimate of drug-likeness (QED) is 0.0944. The first-order chi connectivity index (χ1) is 25.1. The fourth-order valence-electron chi connectivity index (χ4n) is 5.06. The maximum Gasteiger partial charge on any atom is 3.00 e. The zero-order valence-corrected chi connectivity index (χ0v) is 31.8. The smallest absolute Gasteiger partial charge is 0.305 e. The molecule has 2 nitrogen and oxygen atoms in total. The van der Waals surface area contributed by atoms with E-state index in [0.29, 0.717) is 23.1 Å². The molecule has 5 aromatic carbocycles. The molecule has 2 heterocycles. The molecule has 2 aromatic heterocycles. The summed E-state index contributed by atoms with van der Waals surface area (Å²) in [5.41, 5.74) is 3.71. The van der Waals surface area contributed by atoms with Crippen LogP contribution in [0.4, 0.5) is 26.3 Å². The molecular formula is C43H31F6IrN2P+. The van der Waals surface area contributed by atoms with E-state index in [2.05, 4.69) is 52.4 Å². The van der Waals surface area contributed by atoms with E-state index in [1.807, 2.05) is 62.4 Å². The van der Waals surface area contributed by atoms with Crippen LogP contribution < -0.4 is 10.6 Å². The van der Waals surface area contributed by atoms with E-state index in [1.165, 1.54) is 16.7 Å². The van der Waals surface area contributed by atoms with E-state index in [9.17, 15) is 26.3 Å². The van der Waals surface area contributed by atoms with Crippen molar-refractivity contribution in [2.24, 2.45) is 0 Å². The van der Waals surface area contributed by atoms with Crippen molar-refractivity contribution in [3.05, 3.63) is 204 Å². The number of hydrogen-bond donors (Lipinski definition) is 0. The summed E-state index contributed by atoms with van der Waals surface area (Å²) >= 11 is 0. The van der Waals surface area contributed by atoms with Gasteiger partial charge in [0.05, 0.1) is 24.7 Å².